The van der Waals surface area contributed by atoms with Crippen LogP contribution >= 0.6 is 0 Å². The van der Waals surface area contributed by atoms with Crippen LogP contribution in [0.4, 0.5) is 11.4 Å². The van der Waals surface area contributed by atoms with Crippen LogP contribution in [0, 0.1) is 0 Å². The topological polar surface area (TPSA) is 112 Å². The van der Waals surface area contributed by atoms with Crippen molar-refractivity contribution in [3.05, 3.63) is 42.5 Å². The minimum Gasteiger partial charge on any atom is -0.497 e. The summed E-state index contributed by atoms with van der Waals surface area (Å²) < 4.78 is 20.3. The molecule has 0 bridgehead atoms. The van der Waals surface area contributed by atoms with Crippen LogP contribution in [0.2, 0.25) is 0 Å². The average Bonchev–Trinajstić information content (AvgIpc) is 2.76. The first-order valence-electron chi connectivity index (χ1n) is 9.07. The molecule has 0 spiro atoms. The number of methoxy groups -OCH3 is 3. The molecule has 0 aliphatic heterocycles. The molecule has 0 unspecified atom stereocenters. The van der Waals surface area contributed by atoms with Gasteiger partial charge in [-0.25, -0.2) is 0 Å². The van der Waals surface area contributed by atoms with Gasteiger partial charge in [0.25, 0.3) is 5.91 Å². The lowest BCUT2D eigenvalue weighted by molar-refractivity contribution is -0.147. The third-order valence-corrected chi connectivity index (χ3v) is 3.98. The second-order valence-electron chi connectivity index (χ2n) is 6.02. The number of rotatable bonds is 10. The van der Waals surface area contributed by atoms with Crippen LogP contribution in [-0.2, 0) is 19.1 Å². The van der Waals surface area contributed by atoms with Crippen molar-refractivity contribution in [2.24, 2.45) is 0 Å². The first-order valence-corrected chi connectivity index (χ1v) is 9.07. The van der Waals surface area contributed by atoms with Gasteiger partial charge in [0.05, 0.1) is 39.1 Å². The summed E-state index contributed by atoms with van der Waals surface area (Å²) in [7, 11) is 4.47. The molecule has 9 nitrogen and oxygen atoms in total. The van der Waals surface area contributed by atoms with E-state index in [9.17, 15) is 14.4 Å². The Morgan fingerprint density at radius 2 is 1.43 bits per heavy atom. The molecule has 2 rings (SSSR count). The second kappa shape index (κ2) is 11.3. The van der Waals surface area contributed by atoms with Gasteiger partial charge in [-0.15, -0.1) is 0 Å². The van der Waals surface area contributed by atoms with Gasteiger partial charge in [-0.3, -0.25) is 14.4 Å². The highest BCUT2D eigenvalue weighted by atomic mass is 16.5. The number of hydrogen-bond acceptors (Lipinski definition) is 7. The maximum atomic E-state index is 12.0. The fourth-order valence-corrected chi connectivity index (χ4v) is 2.48. The number of anilines is 2. The molecule has 0 saturated carbocycles. The van der Waals surface area contributed by atoms with Crippen molar-refractivity contribution in [1.29, 1.82) is 0 Å². The number of nitrogens with one attached hydrogen (secondary N) is 2. The van der Waals surface area contributed by atoms with Gasteiger partial charge in [-0.05, 0) is 24.3 Å². The molecule has 0 atom stereocenters. The summed E-state index contributed by atoms with van der Waals surface area (Å²) in [6.07, 6.45) is -0.259. The molecule has 0 saturated heterocycles. The van der Waals surface area contributed by atoms with E-state index in [0.717, 1.165) is 0 Å². The van der Waals surface area contributed by atoms with E-state index in [2.05, 4.69) is 10.6 Å². The minimum atomic E-state index is -0.665. The summed E-state index contributed by atoms with van der Waals surface area (Å²) in [6.45, 7) is -0.484. The van der Waals surface area contributed by atoms with E-state index < -0.39 is 18.5 Å². The molecule has 2 N–H and O–H groups in total. The van der Waals surface area contributed by atoms with E-state index in [-0.39, 0.29) is 18.7 Å². The van der Waals surface area contributed by atoms with Crippen LogP contribution in [0.5, 0.6) is 17.2 Å². The summed E-state index contributed by atoms with van der Waals surface area (Å²) in [5.41, 5.74) is 0.918. The Bertz CT molecular complexity index is 899. The van der Waals surface area contributed by atoms with Gasteiger partial charge in [0.15, 0.2) is 6.61 Å². The molecule has 0 aliphatic carbocycles. The monoisotopic (exact) mass is 416 g/mol. The largest absolute Gasteiger partial charge is 0.497 e. The summed E-state index contributed by atoms with van der Waals surface area (Å²) in [4.78, 5) is 35.9. The van der Waals surface area contributed by atoms with Crippen molar-refractivity contribution in [3.8, 4) is 17.2 Å². The Kier molecular flexibility index (Phi) is 8.49. The standard InChI is InChI=1S/C21H24N2O7/c1-27-14-8-9-16(18(12-14)29-3)23-20(25)13-30-21(26)11-10-19(24)22-15-6-4-5-7-17(15)28-2/h4-9,12H,10-11,13H2,1-3H3,(H,22,24)(H,23,25). The van der Waals surface area contributed by atoms with Crippen molar-refractivity contribution in [1.82, 2.24) is 0 Å². The van der Waals surface area contributed by atoms with Crippen molar-refractivity contribution < 1.29 is 33.3 Å². The van der Waals surface area contributed by atoms with Gasteiger partial charge in [-0.1, -0.05) is 12.1 Å². The van der Waals surface area contributed by atoms with Crippen molar-refractivity contribution >= 4 is 29.2 Å². The zero-order valence-electron chi connectivity index (χ0n) is 17.0. The van der Waals surface area contributed by atoms with E-state index in [4.69, 9.17) is 18.9 Å². The highest BCUT2D eigenvalue weighted by molar-refractivity contribution is 5.95. The number of benzene rings is 2. The van der Waals surface area contributed by atoms with Crippen LogP contribution in [-0.4, -0.2) is 45.7 Å². The normalized spacial score (nSPS) is 9.97. The minimum absolute atomic E-state index is 0.0925. The van der Waals surface area contributed by atoms with Gasteiger partial charge in [-0.2, -0.15) is 0 Å². The molecule has 0 aromatic heterocycles. The SMILES string of the molecule is COc1ccc(NC(=O)COC(=O)CCC(=O)Nc2ccccc2OC)c(OC)c1. The molecule has 0 fully saturated rings. The number of carbonyl (C=O) groups is 3. The fraction of sp³-hybridized carbons (Fsp3) is 0.286. The van der Waals surface area contributed by atoms with E-state index in [1.807, 2.05) is 0 Å². The highest BCUT2D eigenvalue weighted by Crippen LogP contribution is 2.29. The van der Waals surface area contributed by atoms with E-state index in [0.29, 0.717) is 28.6 Å². The Balaban J connectivity index is 1.76. The molecule has 0 aliphatic rings. The smallest absolute Gasteiger partial charge is 0.306 e. The van der Waals surface area contributed by atoms with Crippen molar-refractivity contribution in [2.75, 3.05) is 38.6 Å². The zero-order valence-corrected chi connectivity index (χ0v) is 17.0. The zero-order chi connectivity index (χ0) is 21.9. The molecule has 9 heteroatoms. The van der Waals surface area contributed by atoms with Crippen LogP contribution in [0.15, 0.2) is 42.5 Å². The third-order valence-electron chi connectivity index (χ3n) is 3.98. The summed E-state index contributed by atoms with van der Waals surface area (Å²) in [5.74, 6) is -0.0834. The Morgan fingerprint density at radius 3 is 2.13 bits per heavy atom. The van der Waals surface area contributed by atoms with Gasteiger partial charge >= 0.3 is 5.97 Å². The highest BCUT2D eigenvalue weighted by Gasteiger charge is 2.13. The van der Waals surface area contributed by atoms with Gasteiger partial charge in [0.1, 0.15) is 17.2 Å². The molecule has 0 heterocycles. The fourth-order valence-electron chi connectivity index (χ4n) is 2.48. The molecule has 2 amide bonds. The Hall–Kier alpha value is -3.75. The molecular weight excluding hydrogens is 392 g/mol. The number of esters is 1. The van der Waals surface area contributed by atoms with Gasteiger partial charge in [0.2, 0.25) is 5.91 Å². The number of amides is 2. The number of para-hydroxylation sites is 2. The lowest BCUT2D eigenvalue weighted by Gasteiger charge is -2.12. The number of carbonyl (C=O) groups excluding carboxylic acids is 3. The average molecular weight is 416 g/mol. The molecule has 160 valence electrons. The van der Waals surface area contributed by atoms with Crippen molar-refractivity contribution in [3.63, 3.8) is 0 Å². The summed E-state index contributed by atoms with van der Waals surface area (Å²) in [5, 5.41) is 5.25. The predicted octanol–water partition coefficient (Wildman–Crippen LogP) is 2.61. The lowest BCUT2D eigenvalue weighted by Crippen LogP contribution is -2.22. The van der Waals surface area contributed by atoms with E-state index in [1.54, 1.807) is 42.5 Å². The summed E-state index contributed by atoms with van der Waals surface area (Å²) >= 11 is 0. The molecule has 0 radical (unpaired) electrons. The van der Waals surface area contributed by atoms with Crippen LogP contribution in [0.1, 0.15) is 12.8 Å². The van der Waals surface area contributed by atoms with E-state index >= 15 is 0 Å². The molecule has 30 heavy (non-hydrogen) atoms. The van der Waals surface area contributed by atoms with Gasteiger partial charge in [0, 0.05) is 12.5 Å². The second-order valence-corrected chi connectivity index (χ2v) is 6.02. The quantitative estimate of drug-likeness (QED) is 0.573. The van der Waals surface area contributed by atoms with Crippen LogP contribution in [0.3, 0.4) is 0 Å². The van der Waals surface area contributed by atoms with E-state index in [1.165, 1.54) is 21.3 Å². The Morgan fingerprint density at radius 1 is 0.767 bits per heavy atom. The predicted molar refractivity (Wildman–Crippen MR) is 110 cm³/mol. The van der Waals surface area contributed by atoms with Crippen LogP contribution in [0.25, 0.3) is 0 Å². The third kappa shape index (κ3) is 6.69. The Labute approximate surface area is 174 Å². The lowest BCUT2D eigenvalue weighted by atomic mass is 10.2. The molecular formula is C21H24N2O7. The number of ether oxygens (including phenoxy) is 4. The van der Waals surface area contributed by atoms with Crippen LogP contribution < -0.4 is 24.8 Å². The molecule has 2 aromatic carbocycles. The maximum Gasteiger partial charge on any atom is 0.306 e. The maximum absolute atomic E-state index is 12.0. The molecule has 2 aromatic rings. The van der Waals surface area contributed by atoms with Crippen molar-refractivity contribution in [2.45, 2.75) is 12.8 Å². The first kappa shape index (κ1) is 22.5. The first-order chi connectivity index (χ1) is 14.5. The summed E-state index contributed by atoms with van der Waals surface area (Å²) in [6, 6.07) is 11.8. The number of hydrogen-bond donors (Lipinski definition) is 2. The van der Waals surface area contributed by atoms with Gasteiger partial charge < -0.3 is 29.6 Å².